The van der Waals surface area contributed by atoms with Crippen LogP contribution in [0.25, 0.3) is 0 Å². The van der Waals surface area contributed by atoms with Crippen LogP contribution in [-0.4, -0.2) is 50.9 Å². The first-order chi connectivity index (χ1) is 19.0. The molecular weight excluding hydrogens is 526 g/mol. The van der Waals surface area contributed by atoms with E-state index in [1.165, 1.54) is 17.0 Å². The molecule has 0 radical (unpaired) electrons. The van der Waals surface area contributed by atoms with Crippen LogP contribution in [0.15, 0.2) is 77.7 Å². The molecule has 8 nitrogen and oxygen atoms in total. The molecule has 0 unspecified atom stereocenters. The van der Waals surface area contributed by atoms with Gasteiger partial charge in [-0.05, 0) is 87.2 Å². The molecule has 2 amide bonds. The number of benzene rings is 3. The van der Waals surface area contributed by atoms with Crippen LogP contribution in [0.1, 0.15) is 43.9 Å². The lowest BCUT2D eigenvalue weighted by atomic mass is 10.1. The molecule has 1 N–H and O–H groups in total. The highest BCUT2D eigenvalue weighted by Gasteiger charge is 2.34. The second-order valence-corrected chi connectivity index (χ2v) is 12.0. The van der Waals surface area contributed by atoms with Gasteiger partial charge in [-0.1, -0.05) is 43.3 Å². The first kappa shape index (κ1) is 30.7. The molecule has 9 heteroatoms. The molecule has 0 fully saturated rings. The summed E-state index contributed by atoms with van der Waals surface area (Å²) in [5.41, 5.74) is 2.91. The van der Waals surface area contributed by atoms with Crippen molar-refractivity contribution in [1.29, 1.82) is 0 Å². The second-order valence-electron chi connectivity index (χ2n) is 10.1. The third kappa shape index (κ3) is 7.63. The summed E-state index contributed by atoms with van der Waals surface area (Å²) in [6, 6.07) is 19.8. The Morgan fingerprint density at radius 2 is 1.52 bits per heavy atom. The van der Waals surface area contributed by atoms with Crippen LogP contribution in [0.3, 0.4) is 0 Å². The molecule has 0 bridgehead atoms. The summed E-state index contributed by atoms with van der Waals surface area (Å²) in [6.07, 6.45) is 0.357. The highest BCUT2D eigenvalue weighted by molar-refractivity contribution is 7.92. The van der Waals surface area contributed by atoms with E-state index in [1.54, 1.807) is 49.6 Å². The Kier molecular flexibility index (Phi) is 10.3. The number of hydrogen-bond donors (Lipinski definition) is 1. The first-order valence-electron chi connectivity index (χ1n) is 13.3. The largest absolute Gasteiger partial charge is 0.497 e. The zero-order valence-corrected chi connectivity index (χ0v) is 24.9. The van der Waals surface area contributed by atoms with E-state index < -0.39 is 28.5 Å². The maximum absolute atomic E-state index is 14.1. The summed E-state index contributed by atoms with van der Waals surface area (Å²) < 4.78 is 34.2. The number of sulfonamides is 1. The number of aryl methyl sites for hydroxylation is 2. The number of nitrogens with one attached hydrogen (secondary N) is 1. The molecule has 0 aliphatic carbocycles. The lowest BCUT2D eigenvalue weighted by Crippen LogP contribution is -2.53. The molecule has 214 valence electrons. The van der Waals surface area contributed by atoms with Crippen molar-refractivity contribution < 1.29 is 22.7 Å². The van der Waals surface area contributed by atoms with Crippen LogP contribution in [0.4, 0.5) is 5.69 Å². The van der Waals surface area contributed by atoms with Crippen LogP contribution in [0, 0.1) is 13.8 Å². The van der Waals surface area contributed by atoms with E-state index in [0.29, 0.717) is 17.9 Å². The van der Waals surface area contributed by atoms with Gasteiger partial charge in [-0.2, -0.15) is 0 Å². The molecule has 3 aromatic rings. The van der Waals surface area contributed by atoms with Crippen LogP contribution in [0.5, 0.6) is 5.75 Å². The SMILES string of the molecule is CC[C@@H](C(=O)NC(C)C)N(Cc1ccc(OC)cc1)C(=O)CN(c1cc(C)cc(C)c1)S(=O)(=O)c1ccccc1. The van der Waals surface area contributed by atoms with Crippen molar-refractivity contribution in [2.45, 2.75) is 64.6 Å². The predicted molar refractivity (Wildman–Crippen MR) is 158 cm³/mol. The van der Waals surface area contributed by atoms with E-state index in [0.717, 1.165) is 21.0 Å². The van der Waals surface area contributed by atoms with Crippen molar-refractivity contribution in [1.82, 2.24) is 10.2 Å². The lowest BCUT2D eigenvalue weighted by Gasteiger charge is -2.33. The zero-order chi connectivity index (χ0) is 29.4. The van der Waals surface area contributed by atoms with Gasteiger partial charge in [0.05, 0.1) is 17.7 Å². The minimum absolute atomic E-state index is 0.0771. The summed E-state index contributed by atoms with van der Waals surface area (Å²) >= 11 is 0. The molecule has 3 rings (SSSR count). The van der Waals surface area contributed by atoms with Crippen molar-refractivity contribution in [2.24, 2.45) is 0 Å². The minimum atomic E-state index is -4.10. The maximum atomic E-state index is 14.1. The molecule has 3 aromatic carbocycles. The maximum Gasteiger partial charge on any atom is 0.264 e. The van der Waals surface area contributed by atoms with Gasteiger partial charge in [0.1, 0.15) is 18.3 Å². The fourth-order valence-electron chi connectivity index (χ4n) is 4.57. The molecule has 0 aromatic heterocycles. The molecule has 0 heterocycles. The van der Waals surface area contributed by atoms with Gasteiger partial charge in [0.15, 0.2) is 0 Å². The van der Waals surface area contributed by atoms with Gasteiger partial charge >= 0.3 is 0 Å². The Bertz CT molecular complexity index is 1390. The first-order valence-corrected chi connectivity index (χ1v) is 14.8. The van der Waals surface area contributed by atoms with Crippen molar-refractivity contribution in [3.05, 3.63) is 89.5 Å². The third-order valence-electron chi connectivity index (χ3n) is 6.43. The number of anilines is 1. The molecule has 0 saturated carbocycles. The van der Waals surface area contributed by atoms with Gasteiger partial charge in [0.25, 0.3) is 10.0 Å². The number of nitrogens with zero attached hydrogens (tertiary/aromatic N) is 2. The summed E-state index contributed by atoms with van der Waals surface area (Å²) in [5.74, 6) is -0.107. The summed E-state index contributed by atoms with van der Waals surface area (Å²) in [7, 11) is -2.53. The van der Waals surface area contributed by atoms with E-state index in [2.05, 4.69) is 5.32 Å². The molecule has 0 saturated heterocycles. The van der Waals surface area contributed by atoms with E-state index in [9.17, 15) is 18.0 Å². The molecule has 0 spiro atoms. The van der Waals surface area contributed by atoms with Gasteiger partial charge in [0.2, 0.25) is 11.8 Å². The number of rotatable bonds is 12. The van der Waals surface area contributed by atoms with Crippen LogP contribution < -0.4 is 14.4 Å². The minimum Gasteiger partial charge on any atom is -0.497 e. The molecule has 1 atom stereocenters. The van der Waals surface area contributed by atoms with Gasteiger partial charge in [-0.25, -0.2) is 8.42 Å². The molecule has 0 aliphatic heterocycles. The van der Waals surface area contributed by atoms with Gasteiger partial charge in [-0.15, -0.1) is 0 Å². The van der Waals surface area contributed by atoms with Crippen molar-refractivity contribution in [3.63, 3.8) is 0 Å². The molecular formula is C31H39N3O5S. The topological polar surface area (TPSA) is 96.0 Å². The van der Waals surface area contributed by atoms with Gasteiger partial charge in [-0.3, -0.25) is 13.9 Å². The van der Waals surface area contributed by atoms with Gasteiger partial charge < -0.3 is 15.0 Å². The highest BCUT2D eigenvalue weighted by Crippen LogP contribution is 2.27. The third-order valence-corrected chi connectivity index (χ3v) is 8.22. The number of hydrogen-bond acceptors (Lipinski definition) is 5. The van der Waals surface area contributed by atoms with Gasteiger partial charge in [0, 0.05) is 12.6 Å². The van der Waals surface area contributed by atoms with Crippen LogP contribution in [-0.2, 0) is 26.2 Å². The van der Waals surface area contributed by atoms with E-state index in [-0.39, 0.29) is 23.4 Å². The number of ether oxygens (including phenoxy) is 1. The number of methoxy groups -OCH3 is 1. The Labute approximate surface area is 238 Å². The van der Waals surface area contributed by atoms with Crippen LogP contribution in [0.2, 0.25) is 0 Å². The zero-order valence-electron chi connectivity index (χ0n) is 24.0. The molecule has 40 heavy (non-hydrogen) atoms. The second kappa shape index (κ2) is 13.5. The Morgan fingerprint density at radius 3 is 2.05 bits per heavy atom. The average Bonchev–Trinajstić information content (AvgIpc) is 2.91. The summed E-state index contributed by atoms with van der Waals surface area (Å²) in [6.45, 7) is 8.96. The van der Waals surface area contributed by atoms with Crippen molar-refractivity contribution in [3.8, 4) is 5.75 Å². The normalized spacial score (nSPS) is 12.1. The highest BCUT2D eigenvalue weighted by atomic mass is 32.2. The van der Waals surface area contributed by atoms with E-state index >= 15 is 0 Å². The van der Waals surface area contributed by atoms with Crippen molar-refractivity contribution in [2.75, 3.05) is 18.0 Å². The fourth-order valence-corrected chi connectivity index (χ4v) is 5.99. The lowest BCUT2D eigenvalue weighted by molar-refractivity contribution is -0.140. The quantitative estimate of drug-likeness (QED) is 0.339. The smallest absolute Gasteiger partial charge is 0.264 e. The number of amides is 2. The molecule has 0 aliphatic rings. The van der Waals surface area contributed by atoms with E-state index in [4.69, 9.17) is 4.74 Å². The standard InChI is InChI=1S/C31H39N3O5S/c1-7-29(31(36)32-22(2)3)33(20-25-13-15-27(39-6)16-14-25)30(35)21-34(26-18-23(4)17-24(5)19-26)40(37,38)28-11-9-8-10-12-28/h8-19,22,29H,7,20-21H2,1-6H3,(H,32,36)/t29-/m0/s1. The Hall–Kier alpha value is -3.85. The van der Waals surface area contributed by atoms with E-state index in [1.807, 2.05) is 52.8 Å². The Morgan fingerprint density at radius 1 is 0.925 bits per heavy atom. The number of carbonyl (C=O) groups is 2. The summed E-state index contributed by atoms with van der Waals surface area (Å²) in [4.78, 5) is 28.9. The van der Waals surface area contributed by atoms with Crippen LogP contribution >= 0.6 is 0 Å². The predicted octanol–water partition coefficient (Wildman–Crippen LogP) is 4.84. The average molecular weight is 566 g/mol. The van der Waals surface area contributed by atoms with Crippen molar-refractivity contribution >= 4 is 27.5 Å². The summed E-state index contributed by atoms with van der Waals surface area (Å²) in [5, 5.41) is 2.90. The Balaban J connectivity index is 2.08. The monoisotopic (exact) mass is 565 g/mol. The fraction of sp³-hybridized carbons (Fsp3) is 0.355. The number of carbonyl (C=O) groups excluding carboxylic acids is 2.